The summed E-state index contributed by atoms with van der Waals surface area (Å²) in [4.78, 5) is 11.3. The van der Waals surface area contributed by atoms with Gasteiger partial charge in [-0.2, -0.15) is 0 Å². The van der Waals surface area contributed by atoms with Gasteiger partial charge in [0.05, 0.1) is 6.61 Å². The second-order valence-corrected chi connectivity index (χ2v) is 3.82. The molecule has 0 aliphatic heterocycles. The van der Waals surface area contributed by atoms with Gasteiger partial charge in [0, 0.05) is 0 Å². The monoisotopic (exact) mass is 222 g/mol. The molecule has 0 unspecified atom stereocenters. The first-order chi connectivity index (χ1) is 7.63. The molecule has 16 heavy (non-hydrogen) atoms. The number of carbonyl (C=O) groups excluding carboxylic acids is 1. The summed E-state index contributed by atoms with van der Waals surface area (Å²) in [7, 11) is 0. The van der Waals surface area contributed by atoms with Crippen LogP contribution in [0.25, 0.3) is 0 Å². The zero-order valence-corrected chi connectivity index (χ0v) is 10.1. The largest absolute Gasteiger partial charge is 0.513 e. The molecule has 0 radical (unpaired) electrons. The highest BCUT2D eigenvalue weighted by Crippen LogP contribution is 2.19. The van der Waals surface area contributed by atoms with Crippen molar-refractivity contribution in [2.75, 3.05) is 6.61 Å². The minimum absolute atomic E-state index is 0.417. The second-order valence-electron chi connectivity index (χ2n) is 3.82. The fourth-order valence-corrected chi connectivity index (χ4v) is 1.33. The Morgan fingerprint density at radius 3 is 2.69 bits per heavy atom. The van der Waals surface area contributed by atoms with E-state index in [9.17, 15) is 4.79 Å². The van der Waals surface area contributed by atoms with Gasteiger partial charge in [0.25, 0.3) is 0 Å². The summed E-state index contributed by atoms with van der Waals surface area (Å²) < 4.78 is 10.00. The number of unbranched alkanes of at least 4 members (excludes halogenated alkanes) is 1. The molecule has 0 fully saturated rings. The van der Waals surface area contributed by atoms with Crippen LogP contribution in [0.3, 0.4) is 0 Å². The molecule has 1 aromatic rings. The molecule has 3 nitrogen and oxygen atoms in total. The van der Waals surface area contributed by atoms with Crippen LogP contribution in [0, 0.1) is 13.8 Å². The predicted octanol–water partition coefficient (Wildman–Crippen LogP) is 3.62. The fraction of sp³-hybridized carbons (Fsp3) is 0.462. The zero-order valence-electron chi connectivity index (χ0n) is 10.1. The van der Waals surface area contributed by atoms with Crippen molar-refractivity contribution >= 4 is 6.16 Å². The first kappa shape index (κ1) is 12.6. The maximum atomic E-state index is 11.3. The molecule has 0 saturated heterocycles. The van der Waals surface area contributed by atoms with Crippen molar-refractivity contribution in [2.45, 2.75) is 33.6 Å². The van der Waals surface area contributed by atoms with E-state index in [2.05, 4.69) is 0 Å². The summed E-state index contributed by atoms with van der Waals surface area (Å²) in [6.45, 7) is 6.36. The van der Waals surface area contributed by atoms with E-state index >= 15 is 0 Å². The van der Waals surface area contributed by atoms with Gasteiger partial charge in [-0.25, -0.2) is 4.79 Å². The molecule has 0 bridgehead atoms. The van der Waals surface area contributed by atoms with Gasteiger partial charge >= 0.3 is 6.16 Å². The minimum atomic E-state index is -0.625. The van der Waals surface area contributed by atoms with Crippen molar-refractivity contribution in [3.05, 3.63) is 29.3 Å². The molecule has 0 heterocycles. The van der Waals surface area contributed by atoms with Crippen LogP contribution in [0.15, 0.2) is 18.2 Å². The highest BCUT2D eigenvalue weighted by atomic mass is 16.7. The molecule has 0 spiro atoms. The molecular weight excluding hydrogens is 204 g/mol. The first-order valence-electron chi connectivity index (χ1n) is 5.55. The van der Waals surface area contributed by atoms with Crippen LogP contribution in [0.5, 0.6) is 5.75 Å². The lowest BCUT2D eigenvalue weighted by molar-refractivity contribution is 0.0976. The highest BCUT2D eigenvalue weighted by Gasteiger charge is 2.07. The summed E-state index contributed by atoms with van der Waals surface area (Å²) in [6.07, 6.45) is 1.24. The number of aryl methyl sites for hydroxylation is 2. The van der Waals surface area contributed by atoms with Gasteiger partial charge in [-0.15, -0.1) is 0 Å². The van der Waals surface area contributed by atoms with Crippen LogP contribution in [-0.2, 0) is 4.74 Å². The second kappa shape index (κ2) is 6.16. The molecule has 0 aliphatic rings. The van der Waals surface area contributed by atoms with Crippen LogP contribution in [0.1, 0.15) is 30.9 Å². The summed E-state index contributed by atoms with van der Waals surface area (Å²) in [6, 6.07) is 5.65. The standard InChI is InChI=1S/C13H18O3/c1-4-5-8-15-13(14)16-12-7-6-10(2)9-11(12)3/h6-7,9H,4-5,8H2,1-3H3. The molecular formula is C13H18O3. The van der Waals surface area contributed by atoms with E-state index in [0.717, 1.165) is 24.0 Å². The molecule has 0 atom stereocenters. The van der Waals surface area contributed by atoms with E-state index in [1.165, 1.54) is 0 Å². The smallest absolute Gasteiger partial charge is 0.434 e. The van der Waals surface area contributed by atoms with Gasteiger partial charge in [-0.1, -0.05) is 31.0 Å². The summed E-state index contributed by atoms with van der Waals surface area (Å²) in [5.74, 6) is 0.562. The molecule has 0 aliphatic carbocycles. The normalized spacial score (nSPS) is 9.94. The van der Waals surface area contributed by atoms with E-state index < -0.39 is 6.16 Å². The zero-order chi connectivity index (χ0) is 12.0. The number of hydrogen-bond acceptors (Lipinski definition) is 3. The van der Waals surface area contributed by atoms with Crippen molar-refractivity contribution in [3.8, 4) is 5.75 Å². The Kier molecular flexibility index (Phi) is 4.83. The summed E-state index contributed by atoms with van der Waals surface area (Å²) in [5.41, 5.74) is 2.08. The predicted molar refractivity (Wildman–Crippen MR) is 62.8 cm³/mol. The van der Waals surface area contributed by atoms with Gasteiger partial charge < -0.3 is 9.47 Å². The third-order valence-corrected chi connectivity index (χ3v) is 2.24. The lowest BCUT2D eigenvalue weighted by atomic mass is 10.1. The number of hydrogen-bond donors (Lipinski definition) is 0. The summed E-state index contributed by atoms with van der Waals surface area (Å²) in [5, 5.41) is 0. The van der Waals surface area contributed by atoms with E-state index in [0.29, 0.717) is 12.4 Å². The highest BCUT2D eigenvalue weighted by molar-refractivity contribution is 5.64. The average Bonchev–Trinajstić information content (AvgIpc) is 2.23. The van der Waals surface area contributed by atoms with Crippen molar-refractivity contribution in [2.24, 2.45) is 0 Å². The molecule has 3 heteroatoms. The minimum Gasteiger partial charge on any atom is -0.434 e. The average molecular weight is 222 g/mol. The lowest BCUT2D eigenvalue weighted by Gasteiger charge is -2.08. The maximum absolute atomic E-state index is 11.3. The van der Waals surface area contributed by atoms with Gasteiger partial charge in [-0.05, 0) is 31.9 Å². The Labute approximate surface area is 96.4 Å². The number of rotatable bonds is 4. The summed E-state index contributed by atoms with van der Waals surface area (Å²) >= 11 is 0. The van der Waals surface area contributed by atoms with Crippen LogP contribution in [-0.4, -0.2) is 12.8 Å². The van der Waals surface area contributed by atoms with Gasteiger partial charge in [0.2, 0.25) is 0 Å². The molecule has 0 saturated carbocycles. The van der Waals surface area contributed by atoms with Gasteiger partial charge in [-0.3, -0.25) is 0 Å². The Morgan fingerprint density at radius 2 is 2.06 bits per heavy atom. The van der Waals surface area contributed by atoms with Crippen molar-refractivity contribution in [3.63, 3.8) is 0 Å². The molecule has 1 rings (SSSR count). The molecule has 0 N–H and O–H groups in total. The van der Waals surface area contributed by atoms with Crippen LogP contribution >= 0.6 is 0 Å². The van der Waals surface area contributed by atoms with E-state index in [1.54, 1.807) is 6.07 Å². The van der Waals surface area contributed by atoms with E-state index in [1.807, 2.05) is 32.9 Å². The Morgan fingerprint density at radius 1 is 1.31 bits per heavy atom. The van der Waals surface area contributed by atoms with Crippen LogP contribution < -0.4 is 4.74 Å². The third kappa shape index (κ3) is 3.93. The van der Waals surface area contributed by atoms with Gasteiger partial charge in [0.1, 0.15) is 5.75 Å². The third-order valence-electron chi connectivity index (χ3n) is 2.24. The van der Waals surface area contributed by atoms with Gasteiger partial charge in [0.15, 0.2) is 0 Å². The first-order valence-corrected chi connectivity index (χ1v) is 5.55. The van der Waals surface area contributed by atoms with Crippen molar-refractivity contribution in [1.82, 2.24) is 0 Å². The molecule has 1 aromatic carbocycles. The fourth-order valence-electron chi connectivity index (χ4n) is 1.33. The van der Waals surface area contributed by atoms with Crippen molar-refractivity contribution in [1.29, 1.82) is 0 Å². The molecule has 88 valence electrons. The number of carbonyl (C=O) groups is 1. The van der Waals surface area contributed by atoms with E-state index in [-0.39, 0.29) is 0 Å². The topological polar surface area (TPSA) is 35.5 Å². The number of benzene rings is 1. The Bertz CT molecular complexity index is 358. The SMILES string of the molecule is CCCCOC(=O)Oc1ccc(C)cc1C. The van der Waals surface area contributed by atoms with E-state index in [4.69, 9.17) is 9.47 Å². The molecule has 0 amide bonds. The van der Waals surface area contributed by atoms with Crippen molar-refractivity contribution < 1.29 is 14.3 Å². The lowest BCUT2D eigenvalue weighted by Crippen LogP contribution is -2.12. The van der Waals surface area contributed by atoms with Crippen LogP contribution in [0.4, 0.5) is 4.79 Å². The quantitative estimate of drug-likeness (QED) is 0.443. The Balaban J connectivity index is 2.49. The Hall–Kier alpha value is -1.51. The van der Waals surface area contributed by atoms with Crippen LogP contribution in [0.2, 0.25) is 0 Å². The number of ether oxygens (including phenoxy) is 2. The maximum Gasteiger partial charge on any atom is 0.513 e. The molecule has 0 aromatic heterocycles.